The smallest absolute Gasteiger partial charge is 0.157 e. The van der Waals surface area contributed by atoms with Crippen LogP contribution < -0.4 is 0 Å². The molecule has 0 aromatic heterocycles. The van der Waals surface area contributed by atoms with Crippen molar-refractivity contribution in [3.05, 3.63) is 159 Å². The first-order valence-electron chi connectivity index (χ1n) is 15.7. The van der Waals surface area contributed by atoms with Crippen molar-refractivity contribution in [2.75, 3.05) is 0 Å². The Bertz CT molecular complexity index is 2190. The Morgan fingerprint density at radius 3 is 1.49 bits per heavy atom. The van der Waals surface area contributed by atoms with Gasteiger partial charge in [-0.1, -0.05) is 84.9 Å². The average Bonchev–Trinajstić information content (AvgIpc) is 3.71. The minimum Gasteiger partial charge on any atom is -0.504 e. The van der Waals surface area contributed by atoms with Gasteiger partial charge >= 0.3 is 0 Å². The summed E-state index contributed by atoms with van der Waals surface area (Å²) in [6.07, 6.45) is 7.70. The third kappa shape index (κ3) is 2.72. The van der Waals surface area contributed by atoms with Crippen LogP contribution in [0, 0.1) is 0 Å². The molecule has 10 rings (SSSR count). The van der Waals surface area contributed by atoms with Crippen LogP contribution in [-0.4, -0.2) is 20.4 Å². The summed E-state index contributed by atoms with van der Waals surface area (Å²) in [6, 6.07) is 32.9. The highest BCUT2D eigenvalue weighted by Crippen LogP contribution is 2.73. The van der Waals surface area contributed by atoms with E-state index in [1.54, 1.807) is 24.3 Å². The third-order valence-corrected chi connectivity index (χ3v) is 11.7. The van der Waals surface area contributed by atoms with Crippen molar-refractivity contribution in [2.24, 2.45) is 0 Å². The van der Waals surface area contributed by atoms with E-state index < -0.39 is 16.2 Å². The molecule has 2 atom stereocenters. The van der Waals surface area contributed by atoms with Crippen LogP contribution in [0.4, 0.5) is 0 Å². The van der Waals surface area contributed by atoms with Gasteiger partial charge in [-0.05, 0) is 117 Å². The molecule has 0 saturated carbocycles. The SMILES string of the molecule is Oc1cc2c(cc1O)C1(CC23CC2(c4ccccc4-c4ccccc42)c2cc(O)c(O)cc23)C2=C(C=CCC2)c2ccccc21. The monoisotopic (exact) mass is 586 g/mol. The van der Waals surface area contributed by atoms with Gasteiger partial charge in [-0.2, -0.15) is 0 Å². The van der Waals surface area contributed by atoms with Crippen LogP contribution in [0.25, 0.3) is 16.7 Å². The Balaban J connectivity index is 1.35. The molecule has 0 radical (unpaired) electrons. The number of fused-ring (bicyclic) bond motifs is 15. The van der Waals surface area contributed by atoms with Crippen LogP contribution in [0.15, 0.2) is 115 Å². The van der Waals surface area contributed by atoms with Gasteiger partial charge in [-0.15, -0.1) is 0 Å². The van der Waals surface area contributed by atoms with E-state index in [2.05, 4.69) is 84.9 Å². The Kier molecular flexibility index (Phi) is 4.51. The first-order valence-corrected chi connectivity index (χ1v) is 15.7. The molecule has 5 aliphatic rings. The molecule has 45 heavy (non-hydrogen) atoms. The van der Waals surface area contributed by atoms with Crippen LogP contribution in [0.3, 0.4) is 0 Å². The standard InChI is InChI=1S/C41H30O4/c42-35-17-31-33(19-37(35)44)40(27-13-5-1-9-23(27)24-10-2-6-14-28(24)40)21-39(31)22-41(34-20-38(45)36(43)18-32(34)39)29-15-7-3-11-25(29)26-12-4-8-16-30(26)41/h1-7,9-15,17-20,42-45H,8,16,21-22H2. The van der Waals surface area contributed by atoms with Gasteiger partial charge in [0.1, 0.15) is 0 Å². The fourth-order valence-electron chi connectivity index (χ4n) is 10.3. The number of phenolic OH excluding ortho intramolecular Hbond substituents is 4. The summed E-state index contributed by atoms with van der Waals surface area (Å²) in [6.45, 7) is 0. The van der Waals surface area contributed by atoms with E-state index in [0.29, 0.717) is 12.8 Å². The number of rotatable bonds is 0. The zero-order valence-corrected chi connectivity index (χ0v) is 24.5. The minimum absolute atomic E-state index is 0.124. The Morgan fingerprint density at radius 2 is 0.911 bits per heavy atom. The normalized spacial score (nSPS) is 23.7. The number of hydrogen-bond donors (Lipinski definition) is 4. The molecule has 218 valence electrons. The summed E-state index contributed by atoms with van der Waals surface area (Å²) in [7, 11) is 0. The maximum absolute atomic E-state index is 11.1. The lowest BCUT2D eigenvalue weighted by Gasteiger charge is -2.36. The lowest BCUT2D eigenvalue weighted by Crippen LogP contribution is -2.33. The maximum Gasteiger partial charge on any atom is 0.157 e. The molecule has 0 fully saturated rings. The van der Waals surface area contributed by atoms with Crippen LogP contribution in [0.5, 0.6) is 23.0 Å². The lowest BCUT2D eigenvalue weighted by molar-refractivity contribution is 0.389. The highest BCUT2D eigenvalue weighted by Gasteiger charge is 2.66. The first-order chi connectivity index (χ1) is 21.9. The molecule has 2 unspecified atom stereocenters. The van der Waals surface area contributed by atoms with Crippen LogP contribution >= 0.6 is 0 Å². The summed E-state index contributed by atoms with van der Waals surface area (Å²) in [5, 5.41) is 44.5. The zero-order chi connectivity index (χ0) is 30.3. The topological polar surface area (TPSA) is 80.9 Å². The van der Waals surface area contributed by atoms with Crippen molar-refractivity contribution in [1.82, 2.24) is 0 Å². The van der Waals surface area contributed by atoms with Crippen molar-refractivity contribution in [1.29, 1.82) is 0 Å². The van der Waals surface area contributed by atoms with Crippen LogP contribution in [0.1, 0.15) is 70.2 Å². The second kappa shape index (κ2) is 8.08. The number of aromatic hydroxyl groups is 4. The second-order valence-electron chi connectivity index (χ2n) is 13.5. The Labute approximate surface area is 260 Å². The molecule has 0 saturated heterocycles. The van der Waals surface area contributed by atoms with Gasteiger partial charge in [0.05, 0.1) is 0 Å². The first kappa shape index (κ1) is 25.1. The van der Waals surface area contributed by atoms with Gasteiger partial charge in [0.25, 0.3) is 0 Å². The summed E-state index contributed by atoms with van der Waals surface area (Å²) >= 11 is 0. The van der Waals surface area contributed by atoms with E-state index in [1.807, 2.05) is 0 Å². The quantitative estimate of drug-likeness (QED) is 0.138. The summed E-state index contributed by atoms with van der Waals surface area (Å²) < 4.78 is 0. The number of hydrogen-bond acceptors (Lipinski definition) is 4. The number of benzene rings is 5. The molecule has 0 heterocycles. The molecule has 4 N–H and O–H groups in total. The predicted octanol–water partition coefficient (Wildman–Crippen LogP) is 8.32. The zero-order valence-electron chi connectivity index (χ0n) is 24.5. The van der Waals surface area contributed by atoms with Crippen molar-refractivity contribution < 1.29 is 20.4 Å². The van der Waals surface area contributed by atoms with E-state index in [-0.39, 0.29) is 23.0 Å². The molecule has 0 aliphatic heterocycles. The molecular formula is C41H30O4. The van der Waals surface area contributed by atoms with Gasteiger partial charge in [-0.3, -0.25) is 0 Å². The summed E-state index contributed by atoms with van der Waals surface area (Å²) in [5.41, 5.74) is 12.0. The van der Waals surface area contributed by atoms with E-state index in [0.717, 1.165) is 35.1 Å². The minimum atomic E-state index is -0.650. The fourth-order valence-corrected chi connectivity index (χ4v) is 10.3. The van der Waals surface area contributed by atoms with E-state index in [4.69, 9.17) is 0 Å². The highest BCUT2D eigenvalue weighted by atomic mass is 16.3. The molecular weight excluding hydrogens is 556 g/mol. The predicted molar refractivity (Wildman–Crippen MR) is 174 cm³/mol. The van der Waals surface area contributed by atoms with Crippen molar-refractivity contribution in [3.8, 4) is 34.1 Å². The van der Waals surface area contributed by atoms with Crippen LogP contribution in [-0.2, 0) is 16.2 Å². The van der Waals surface area contributed by atoms with Gasteiger partial charge in [0.2, 0.25) is 0 Å². The molecule has 0 amide bonds. The van der Waals surface area contributed by atoms with Gasteiger partial charge in [0, 0.05) is 16.2 Å². The van der Waals surface area contributed by atoms with E-state index in [1.165, 1.54) is 44.5 Å². The maximum atomic E-state index is 11.1. The Hall–Kier alpha value is -5.22. The van der Waals surface area contributed by atoms with E-state index >= 15 is 0 Å². The molecule has 5 aromatic rings. The van der Waals surface area contributed by atoms with Gasteiger partial charge in [-0.25, -0.2) is 0 Å². The van der Waals surface area contributed by atoms with Crippen LogP contribution in [0.2, 0.25) is 0 Å². The lowest BCUT2D eigenvalue weighted by atomic mass is 9.65. The van der Waals surface area contributed by atoms with Crippen molar-refractivity contribution in [2.45, 2.75) is 41.9 Å². The molecule has 3 spiro atoms. The molecule has 5 aliphatic carbocycles. The van der Waals surface area contributed by atoms with Gasteiger partial charge < -0.3 is 20.4 Å². The third-order valence-electron chi connectivity index (χ3n) is 11.7. The molecule has 4 heteroatoms. The Morgan fingerprint density at radius 1 is 0.467 bits per heavy atom. The highest BCUT2D eigenvalue weighted by molar-refractivity contribution is 5.91. The van der Waals surface area contributed by atoms with E-state index in [9.17, 15) is 20.4 Å². The molecule has 5 aromatic carbocycles. The largest absolute Gasteiger partial charge is 0.504 e. The number of phenols is 4. The second-order valence-corrected chi connectivity index (χ2v) is 13.5. The summed E-state index contributed by atoms with van der Waals surface area (Å²) in [5.74, 6) is -0.558. The molecule has 0 bridgehead atoms. The molecule has 4 nitrogen and oxygen atoms in total. The van der Waals surface area contributed by atoms with Gasteiger partial charge in [0.15, 0.2) is 23.0 Å². The summed E-state index contributed by atoms with van der Waals surface area (Å²) in [4.78, 5) is 0. The van der Waals surface area contributed by atoms with Crippen molar-refractivity contribution in [3.63, 3.8) is 0 Å². The average molecular weight is 587 g/mol. The van der Waals surface area contributed by atoms with Crippen molar-refractivity contribution >= 4 is 5.57 Å². The number of allylic oxidation sites excluding steroid dienone is 4. The fraction of sp³-hybridized carbons (Fsp3) is 0.171.